The van der Waals surface area contributed by atoms with E-state index in [0.717, 1.165) is 29.9 Å². The summed E-state index contributed by atoms with van der Waals surface area (Å²) in [6, 6.07) is 5.90. The van der Waals surface area contributed by atoms with Crippen molar-refractivity contribution in [2.75, 3.05) is 20.3 Å². The number of aryl methyl sites for hydroxylation is 1. The molecule has 0 radical (unpaired) electrons. The Balaban J connectivity index is 1.66. The zero-order valence-corrected chi connectivity index (χ0v) is 14.8. The molecule has 0 bridgehead atoms. The van der Waals surface area contributed by atoms with Crippen molar-refractivity contribution in [3.8, 4) is 5.75 Å². The van der Waals surface area contributed by atoms with E-state index in [2.05, 4.69) is 5.32 Å². The van der Waals surface area contributed by atoms with Gasteiger partial charge in [0.05, 0.1) is 13.2 Å². The van der Waals surface area contributed by atoms with Crippen LogP contribution in [0.2, 0.25) is 0 Å². The summed E-state index contributed by atoms with van der Waals surface area (Å²) in [5, 5.41) is 2.90. The molecule has 4 heteroatoms. The van der Waals surface area contributed by atoms with Crippen LogP contribution in [-0.4, -0.2) is 32.3 Å². The fraction of sp³-hybridized carbons (Fsp3) is 0.550. The minimum absolute atomic E-state index is 0.0868. The molecule has 0 atom stereocenters. The number of nitrogens with one attached hydrogen (secondary N) is 1. The van der Waals surface area contributed by atoms with Crippen LogP contribution < -0.4 is 10.1 Å². The summed E-state index contributed by atoms with van der Waals surface area (Å²) in [6.45, 7) is 3.38. The first-order chi connectivity index (χ1) is 11.7. The molecular formula is C20H29NO3. The standard InChI is InChI=1S/C20H29NO3/c1-16-9-11-19(23-2)17(15-16)10-12-20(22)21-13-6-14-24-18-7-4-3-5-8-18/h9-12,15,18H,3-8,13-14H2,1-2H3,(H,21,22)/b12-10+. The Morgan fingerprint density at radius 1 is 1.29 bits per heavy atom. The van der Waals surface area contributed by atoms with E-state index in [-0.39, 0.29) is 5.91 Å². The predicted octanol–water partition coefficient (Wildman–Crippen LogP) is 3.87. The summed E-state index contributed by atoms with van der Waals surface area (Å²) < 4.78 is 11.2. The maximum atomic E-state index is 11.9. The third-order valence-electron chi connectivity index (χ3n) is 4.33. The SMILES string of the molecule is COc1ccc(C)cc1/C=C/C(=O)NCCCOC1CCCCC1. The molecule has 1 N–H and O–H groups in total. The van der Waals surface area contributed by atoms with Crippen LogP contribution >= 0.6 is 0 Å². The van der Waals surface area contributed by atoms with E-state index in [9.17, 15) is 4.79 Å². The first-order valence-electron chi connectivity index (χ1n) is 8.91. The number of amides is 1. The summed E-state index contributed by atoms with van der Waals surface area (Å²) in [4.78, 5) is 11.9. The summed E-state index contributed by atoms with van der Waals surface area (Å²) >= 11 is 0. The lowest BCUT2D eigenvalue weighted by Crippen LogP contribution is -2.24. The Labute approximate surface area is 145 Å². The van der Waals surface area contributed by atoms with E-state index < -0.39 is 0 Å². The number of benzene rings is 1. The van der Waals surface area contributed by atoms with E-state index >= 15 is 0 Å². The topological polar surface area (TPSA) is 47.6 Å². The van der Waals surface area contributed by atoms with E-state index in [0.29, 0.717) is 12.6 Å². The summed E-state index contributed by atoms with van der Waals surface area (Å²) in [5.41, 5.74) is 2.05. The molecule has 1 amide bonds. The van der Waals surface area contributed by atoms with Crippen LogP contribution in [0.1, 0.15) is 49.7 Å². The van der Waals surface area contributed by atoms with Crippen LogP contribution in [0.5, 0.6) is 5.75 Å². The number of hydrogen-bond acceptors (Lipinski definition) is 3. The number of carbonyl (C=O) groups excluding carboxylic acids is 1. The van der Waals surface area contributed by atoms with E-state index in [1.807, 2.05) is 25.1 Å². The second kappa shape index (κ2) is 10.1. The average molecular weight is 331 g/mol. The van der Waals surface area contributed by atoms with Gasteiger partial charge in [-0.2, -0.15) is 0 Å². The van der Waals surface area contributed by atoms with Gasteiger partial charge in [0.15, 0.2) is 0 Å². The molecule has 0 heterocycles. The molecule has 1 fully saturated rings. The van der Waals surface area contributed by atoms with Gasteiger partial charge in [0, 0.05) is 24.8 Å². The zero-order chi connectivity index (χ0) is 17.2. The minimum atomic E-state index is -0.0868. The van der Waals surface area contributed by atoms with Crippen LogP contribution in [0.25, 0.3) is 6.08 Å². The number of rotatable bonds is 8. The van der Waals surface area contributed by atoms with Gasteiger partial charge in [-0.3, -0.25) is 4.79 Å². The second-order valence-electron chi connectivity index (χ2n) is 6.35. The average Bonchev–Trinajstić information content (AvgIpc) is 2.60. The van der Waals surface area contributed by atoms with Crippen LogP contribution in [0, 0.1) is 6.92 Å². The van der Waals surface area contributed by atoms with Crippen molar-refractivity contribution >= 4 is 12.0 Å². The van der Waals surface area contributed by atoms with Crippen molar-refractivity contribution in [3.63, 3.8) is 0 Å². The number of carbonyl (C=O) groups is 1. The minimum Gasteiger partial charge on any atom is -0.496 e. The molecule has 1 aliphatic rings. The van der Waals surface area contributed by atoms with Crippen molar-refractivity contribution < 1.29 is 14.3 Å². The Bertz CT molecular complexity index is 548. The van der Waals surface area contributed by atoms with Gasteiger partial charge in [-0.1, -0.05) is 30.9 Å². The van der Waals surface area contributed by atoms with Crippen molar-refractivity contribution in [2.45, 2.75) is 51.6 Å². The number of methoxy groups -OCH3 is 1. The predicted molar refractivity (Wildman–Crippen MR) is 97.2 cm³/mol. The summed E-state index contributed by atoms with van der Waals surface area (Å²) in [6.07, 6.45) is 10.9. The van der Waals surface area contributed by atoms with E-state index in [4.69, 9.17) is 9.47 Å². The van der Waals surface area contributed by atoms with Crippen LogP contribution in [0.3, 0.4) is 0 Å². The highest BCUT2D eigenvalue weighted by molar-refractivity contribution is 5.92. The molecule has 0 aliphatic heterocycles. The monoisotopic (exact) mass is 331 g/mol. The fourth-order valence-electron chi connectivity index (χ4n) is 2.97. The second-order valence-corrected chi connectivity index (χ2v) is 6.35. The molecular weight excluding hydrogens is 302 g/mol. The molecule has 2 rings (SSSR count). The highest BCUT2D eigenvalue weighted by Crippen LogP contribution is 2.21. The molecule has 1 saturated carbocycles. The molecule has 1 aromatic carbocycles. The summed E-state index contributed by atoms with van der Waals surface area (Å²) in [5.74, 6) is 0.682. The van der Waals surface area contributed by atoms with E-state index in [1.54, 1.807) is 19.3 Å². The Morgan fingerprint density at radius 2 is 2.08 bits per heavy atom. The van der Waals surface area contributed by atoms with Gasteiger partial charge in [-0.05, 0) is 44.4 Å². The van der Waals surface area contributed by atoms with E-state index in [1.165, 1.54) is 32.1 Å². The van der Waals surface area contributed by atoms with Crippen molar-refractivity contribution in [3.05, 3.63) is 35.4 Å². The largest absolute Gasteiger partial charge is 0.496 e. The smallest absolute Gasteiger partial charge is 0.244 e. The lowest BCUT2D eigenvalue weighted by atomic mass is 9.98. The third-order valence-corrected chi connectivity index (χ3v) is 4.33. The van der Waals surface area contributed by atoms with Gasteiger partial charge in [0.25, 0.3) is 0 Å². The Morgan fingerprint density at radius 3 is 2.83 bits per heavy atom. The van der Waals surface area contributed by atoms with Gasteiger partial charge in [0.2, 0.25) is 5.91 Å². The van der Waals surface area contributed by atoms with Crippen molar-refractivity contribution in [2.24, 2.45) is 0 Å². The maximum absolute atomic E-state index is 11.9. The molecule has 0 unspecified atom stereocenters. The number of ether oxygens (including phenoxy) is 2. The third kappa shape index (κ3) is 6.36. The van der Waals surface area contributed by atoms with Gasteiger partial charge in [-0.25, -0.2) is 0 Å². The first-order valence-corrected chi connectivity index (χ1v) is 8.91. The van der Waals surface area contributed by atoms with Crippen LogP contribution in [0.15, 0.2) is 24.3 Å². The van der Waals surface area contributed by atoms with Crippen LogP contribution in [-0.2, 0) is 9.53 Å². The molecule has 0 saturated heterocycles. The van der Waals surface area contributed by atoms with Gasteiger partial charge < -0.3 is 14.8 Å². The first kappa shape index (κ1) is 18.5. The fourth-order valence-corrected chi connectivity index (χ4v) is 2.97. The van der Waals surface area contributed by atoms with Crippen LogP contribution in [0.4, 0.5) is 0 Å². The van der Waals surface area contributed by atoms with Gasteiger partial charge in [-0.15, -0.1) is 0 Å². The Hall–Kier alpha value is -1.81. The molecule has 1 aromatic rings. The van der Waals surface area contributed by atoms with Crippen molar-refractivity contribution in [1.29, 1.82) is 0 Å². The van der Waals surface area contributed by atoms with Crippen molar-refractivity contribution in [1.82, 2.24) is 5.32 Å². The molecule has 4 nitrogen and oxygen atoms in total. The molecule has 0 aromatic heterocycles. The number of hydrogen-bond donors (Lipinski definition) is 1. The molecule has 24 heavy (non-hydrogen) atoms. The van der Waals surface area contributed by atoms with Gasteiger partial charge >= 0.3 is 0 Å². The highest BCUT2D eigenvalue weighted by Gasteiger charge is 2.12. The molecule has 0 spiro atoms. The molecule has 1 aliphatic carbocycles. The zero-order valence-electron chi connectivity index (χ0n) is 14.8. The Kier molecular flexibility index (Phi) is 7.83. The normalized spacial score (nSPS) is 15.6. The summed E-state index contributed by atoms with van der Waals surface area (Å²) in [7, 11) is 1.63. The lowest BCUT2D eigenvalue weighted by molar-refractivity contribution is -0.116. The highest BCUT2D eigenvalue weighted by atomic mass is 16.5. The van der Waals surface area contributed by atoms with Gasteiger partial charge in [0.1, 0.15) is 5.75 Å². The quantitative estimate of drug-likeness (QED) is 0.581. The maximum Gasteiger partial charge on any atom is 0.244 e. The molecule has 132 valence electrons. The lowest BCUT2D eigenvalue weighted by Gasteiger charge is -2.21.